The fourth-order valence-electron chi connectivity index (χ4n) is 2.69. The van der Waals surface area contributed by atoms with Gasteiger partial charge in [0.05, 0.1) is 19.8 Å². The van der Waals surface area contributed by atoms with E-state index in [1.807, 2.05) is 14.0 Å². The number of likely N-dealkylation sites (N-methyl/N-ethyl adjacent to an activating group) is 1. The molecule has 0 amide bonds. The molecule has 1 heterocycles. The van der Waals surface area contributed by atoms with Gasteiger partial charge in [0.25, 0.3) is 0 Å². The van der Waals surface area contributed by atoms with Crippen LogP contribution < -0.4 is 5.32 Å². The quantitative estimate of drug-likeness (QED) is 0.211. The molecule has 0 saturated carbocycles. The van der Waals surface area contributed by atoms with Gasteiger partial charge in [0.15, 0.2) is 5.96 Å². The normalized spacial score (nSPS) is 11.2. The van der Waals surface area contributed by atoms with Gasteiger partial charge in [-0.2, -0.15) is 0 Å². The van der Waals surface area contributed by atoms with E-state index in [0.717, 1.165) is 32.1 Å². The third kappa shape index (κ3) is 9.36. The summed E-state index contributed by atoms with van der Waals surface area (Å²) in [5, 5.41) is 5.57. The number of benzene rings is 1. The Bertz CT molecular complexity index is 680. The van der Waals surface area contributed by atoms with Crippen molar-refractivity contribution in [2.75, 3.05) is 40.5 Å². The number of nitrogens with zero attached hydrogens (tertiary/aromatic N) is 2. The van der Waals surface area contributed by atoms with Crippen LogP contribution in [0, 0.1) is 0 Å². The van der Waals surface area contributed by atoms with E-state index in [2.05, 4.69) is 64.0 Å². The molecule has 0 bridgehead atoms. The molecule has 0 spiro atoms. The molecule has 0 atom stereocenters. The standard InChI is InChI=1S/C21H31N3O2S.HI/c1-4-25-12-13-26-17-19-8-5-7-18(15-19)16-23-21(22-2)24(3)11-10-20-9-6-14-27-20;/h5-9,14-15H,4,10-13,16-17H2,1-3H3,(H,22,23);1H. The van der Waals surface area contributed by atoms with Crippen molar-refractivity contribution in [3.8, 4) is 0 Å². The molecule has 0 aliphatic heterocycles. The zero-order valence-corrected chi connectivity index (χ0v) is 20.2. The van der Waals surface area contributed by atoms with Crippen LogP contribution in [0.25, 0.3) is 0 Å². The minimum Gasteiger partial charge on any atom is -0.379 e. The Balaban J connectivity index is 0.00000392. The molecular weight excluding hydrogens is 485 g/mol. The maximum absolute atomic E-state index is 5.65. The van der Waals surface area contributed by atoms with E-state index >= 15 is 0 Å². The molecule has 2 aromatic rings. The van der Waals surface area contributed by atoms with Gasteiger partial charge < -0.3 is 19.7 Å². The second-order valence-corrected chi connectivity index (χ2v) is 7.25. The Labute approximate surface area is 190 Å². The Morgan fingerprint density at radius 1 is 1.14 bits per heavy atom. The summed E-state index contributed by atoms with van der Waals surface area (Å²) in [6, 6.07) is 12.7. The van der Waals surface area contributed by atoms with E-state index < -0.39 is 0 Å². The van der Waals surface area contributed by atoms with Crippen molar-refractivity contribution in [1.29, 1.82) is 0 Å². The van der Waals surface area contributed by atoms with Crippen LogP contribution in [-0.4, -0.2) is 51.3 Å². The van der Waals surface area contributed by atoms with E-state index in [0.29, 0.717) is 19.8 Å². The number of thiophene rings is 1. The highest BCUT2D eigenvalue weighted by atomic mass is 127. The number of hydrogen-bond acceptors (Lipinski definition) is 4. The first-order valence-corrected chi connectivity index (χ1v) is 10.3. The van der Waals surface area contributed by atoms with E-state index in [4.69, 9.17) is 9.47 Å². The van der Waals surface area contributed by atoms with Crippen molar-refractivity contribution < 1.29 is 9.47 Å². The lowest BCUT2D eigenvalue weighted by Crippen LogP contribution is -2.39. The van der Waals surface area contributed by atoms with Crippen LogP contribution in [0.4, 0.5) is 0 Å². The largest absolute Gasteiger partial charge is 0.379 e. The second-order valence-electron chi connectivity index (χ2n) is 6.22. The summed E-state index contributed by atoms with van der Waals surface area (Å²) in [5.74, 6) is 0.907. The molecule has 1 aromatic carbocycles. The van der Waals surface area contributed by atoms with Crippen molar-refractivity contribution in [2.45, 2.75) is 26.5 Å². The number of aliphatic imine (C=N–C) groups is 1. The Hall–Kier alpha value is -1.16. The van der Waals surface area contributed by atoms with Crippen LogP contribution >= 0.6 is 35.3 Å². The van der Waals surface area contributed by atoms with Gasteiger partial charge in [0.2, 0.25) is 0 Å². The smallest absolute Gasteiger partial charge is 0.193 e. The third-order valence-electron chi connectivity index (χ3n) is 4.13. The summed E-state index contributed by atoms with van der Waals surface area (Å²) in [4.78, 5) is 7.96. The van der Waals surface area contributed by atoms with Gasteiger partial charge in [-0.25, -0.2) is 0 Å². The summed E-state index contributed by atoms with van der Waals surface area (Å²) >= 11 is 1.80. The fourth-order valence-corrected chi connectivity index (χ4v) is 3.38. The number of nitrogens with one attached hydrogen (secondary N) is 1. The summed E-state index contributed by atoms with van der Waals surface area (Å²) in [5.41, 5.74) is 2.39. The first-order valence-electron chi connectivity index (χ1n) is 9.40. The third-order valence-corrected chi connectivity index (χ3v) is 5.07. The molecule has 0 saturated heterocycles. The van der Waals surface area contributed by atoms with Crippen molar-refractivity contribution >= 4 is 41.3 Å². The van der Waals surface area contributed by atoms with Crippen molar-refractivity contribution in [2.24, 2.45) is 4.99 Å². The Kier molecular flexibility index (Phi) is 13.1. The van der Waals surface area contributed by atoms with Crippen LogP contribution in [0.5, 0.6) is 0 Å². The zero-order chi connectivity index (χ0) is 19.3. The summed E-state index contributed by atoms with van der Waals surface area (Å²) in [6.07, 6.45) is 1.03. The Morgan fingerprint density at radius 3 is 2.64 bits per heavy atom. The lowest BCUT2D eigenvalue weighted by Gasteiger charge is -2.22. The zero-order valence-electron chi connectivity index (χ0n) is 17.0. The van der Waals surface area contributed by atoms with E-state index in [1.165, 1.54) is 16.0 Å². The van der Waals surface area contributed by atoms with Gasteiger partial charge in [0.1, 0.15) is 0 Å². The maximum Gasteiger partial charge on any atom is 0.193 e. The van der Waals surface area contributed by atoms with E-state index in [-0.39, 0.29) is 24.0 Å². The molecule has 7 heteroatoms. The summed E-state index contributed by atoms with van der Waals surface area (Å²) in [6.45, 7) is 6.27. The topological polar surface area (TPSA) is 46.1 Å². The number of ether oxygens (including phenoxy) is 2. The van der Waals surface area contributed by atoms with Gasteiger partial charge in [-0.15, -0.1) is 35.3 Å². The lowest BCUT2D eigenvalue weighted by molar-refractivity contribution is 0.0453. The molecule has 0 aliphatic rings. The summed E-state index contributed by atoms with van der Waals surface area (Å²) in [7, 11) is 3.90. The monoisotopic (exact) mass is 517 g/mol. The highest BCUT2D eigenvalue weighted by Gasteiger charge is 2.06. The molecule has 0 fully saturated rings. The maximum atomic E-state index is 5.65. The highest BCUT2D eigenvalue weighted by molar-refractivity contribution is 14.0. The van der Waals surface area contributed by atoms with Crippen LogP contribution in [0.15, 0.2) is 46.8 Å². The number of rotatable bonds is 11. The first-order chi connectivity index (χ1) is 13.2. The fraction of sp³-hybridized carbons (Fsp3) is 0.476. The Morgan fingerprint density at radius 2 is 1.93 bits per heavy atom. The SMILES string of the molecule is CCOCCOCc1cccc(CNC(=NC)N(C)CCc2cccs2)c1.I. The minimum absolute atomic E-state index is 0. The van der Waals surface area contributed by atoms with Crippen LogP contribution in [0.3, 0.4) is 0 Å². The molecule has 5 nitrogen and oxygen atoms in total. The van der Waals surface area contributed by atoms with Gasteiger partial charge in [-0.1, -0.05) is 30.3 Å². The lowest BCUT2D eigenvalue weighted by atomic mass is 10.1. The first kappa shape index (κ1) is 24.9. The number of hydrogen-bond donors (Lipinski definition) is 1. The highest BCUT2D eigenvalue weighted by Crippen LogP contribution is 2.10. The van der Waals surface area contributed by atoms with Crippen LogP contribution in [-0.2, 0) is 29.0 Å². The van der Waals surface area contributed by atoms with Crippen LogP contribution in [0.2, 0.25) is 0 Å². The second kappa shape index (κ2) is 14.8. The van der Waals surface area contributed by atoms with Crippen molar-refractivity contribution in [3.05, 3.63) is 57.8 Å². The molecule has 28 heavy (non-hydrogen) atoms. The van der Waals surface area contributed by atoms with Gasteiger partial charge in [0, 0.05) is 38.7 Å². The van der Waals surface area contributed by atoms with E-state index in [9.17, 15) is 0 Å². The molecule has 1 N–H and O–H groups in total. The molecular formula is C21H32IN3O2S. The molecule has 0 unspecified atom stereocenters. The van der Waals surface area contributed by atoms with Crippen molar-refractivity contribution in [3.63, 3.8) is 0 Å². The molecule has 2 rings (SSSR count). The van der Waals surface area contributed by atoms with Gasteiger partial charge in [-0.3, -0.25) is 4.99 Å². The molecule has 0 aliphatic carbocycles. The van der Waals surface area contributed by atoms with Gasteiger partial charge >= 0.3 is 0 Å². The van der Waals surface area contributed by atoms with Crippen LogP contribution in [0.1, 0.15) is 22.9 Å². The summed E-state index contributed by atoms with van der Waals surface area (Å²) < 4.78 is 10.9. The minimum atomic E-state index is 0. The molecule has 0 radical (unpaired) electrons. The predicted octanol–water partition coefficient (Wildman–Crippen LogP) is 4.17. The predicted molar refractivity (Wildman–Crippen MR) is 129 cm³/mol. The average molecular weight is 517 g/mol. The number of guanidine groups is 1. The molecule has 156 valence electrons. The molecule has 1 aromatic heterocycles. The average Bonchev–Trinajstić information content (AvgIpc) is 3.21. The number of halogens is 1. The van der Waals surface area contributed by atoms with Gasteiger partial charge in [-0.05, 0) is 35.9 Å². The van der Waals surface area contributed by atoms with Crippen molar-refractivity contribution in [1.82, 2.24) is 10.2 Å². The van der Waals surface area contributed by atoms with E-state index in [1.54, 1.807) is 11.3 Å².